The molecule has 1 aliphatic carbocycles. The lowest BCUT2D eigenvalue weighted by molar-refractivity contribution is -0.185. The first kappa shape index (κ1) is 19.8. The fourth-order valence-electron chi connectivity index (χ4n) is 2.74. The van der Waals surface area contributed by atoms with Gasteiger partial charge in [-0.2, -0.15) is 0 Å². The van der Waals surface area contributed by atoms with Crippen LogP contribution in [0.15, 0.2) is 58.4 Å². The summed E-state index contributed by atoms with van der Waals surface area (Å²) in [5, 5.41) is 37.7. The first-order chi connectivity index (χ1) is 12.4. The van der Waals surface area contributed by atoms with Crippen molar-refractivity contribution in [2.24, 2.45) is 10.8 Å². The molecule has 0 saturated heterocycles. The highest BCUT2D eigenvalue weighted by Crippen LogP contribution is 2.48. The molecule has 10 nitrogen and oxygen atoms in total. The van der Waals surface area contributed by atoms with Crippen LogP contribution in [-0.4, -0.2) is 52.7 Å². The van der Waals surface area contributed by atoms with Crippen molar-refractivity contribution in [3.8, 4) is 0 Å². The predicted octanol–water partition coefficient (Wildman–Crippen LogP) is 0.225. The van der Waals surface area contributed by atoms with Crippen LogP contribution in [0.2, 0.25) is 0 Å². The van der Waals surface area contributed by atoms with Gasteiger partial charge in [0, 0.05) is 0 Å². The summed E-state index contributed by atoms with van der Waals surface area (Å²) in [6.45, 7) is 0. The van der Waals surface area contributed by atoms with Gasteiger partial charge < -0.3 is 20.4 Å². The molecule has 1 aromatic rings. The Labute approximate surface area is 151 Å². The maximum Gasteiger partial charge on any atom is 0.327 e. The number of aliphatic carboxylic acids is 4. The number of benzene rings is 1. The third-order valence-electron chi connectivity index (χ3n) is 4.19. The quantitative estimate of drug-likeness (QED) is 0.485. The molecular weight excluding hydrogens is 384 g/mol. The summed E-state index contributed by atoms with van der Waals surface area (Å²) in [5.41, 5.74) is -7.06. The standard InChI is InChI=1S/C16H12O10S/c17-11(18)15(12(19)20)7-6-10(8-16(15,13(21)22)14(23)24)27(25,26)9-4-2-1-3-5-9/h1-8H,(H,17,18)(H,19,20)(H,21,22)(H,23,24). The molecule has 0 bridgehead atoms. The Bertz CT molecular complexity index is 973. The van der Waals surface area contributed by atoms with Crippen molar-refractivity contribution in [3.63, 3.8) is 0 Å². The number of carbonyl (C=O) groups is 4. The van der Waals surface area contributed by atoms with Crippen molar-refractivity contribution < 1.29 is 48.0 Å². The summed E-state index contributed by atoms with van der Waals surface area (Å²) in [6.07, 6.45) is 0.979. The van der Waals surface area contributed by atoms with Crippen LogP contribution in [-0.2, 0) is 29.0 Å². The number of carboxylic acids is 4. The second-order valence-electron chi connectivity index (χ2n) is 5.53. The first-order valence-electron chi connectivity index (χ1n) is 7.10. The smallest absolute Gasteiger partial charge is 0.327 e. The highest BCUT2D eigenvalue weighted by atomic mass is 32.2. The lowest BCUT2D eigenvalue weighted by Crippen LogP contribution is -2.60. The molecule has 0 amide bonds. The van der Waals surface area contributed by atoms with Gasteiger partial charge in [-0.15, -0.1) is 0 Å². The highest BCUT2D eigenvalue weighted by Gasteiger charge is 2.71. The Kier molecular flexibility index (Phi) is 4.67. The summed E-state index contributed by atoms with van der Waals surface area (Å²) >= 11 is 0. The Balaban J connectivity index is 2.89. The largest absolute Gasteiger partial charge is 0.480 e. The number of rotatable bonds is 6. The van der Waals surface area contributed by atoms with Crippen LogP contribution in [0.4, 0.5) is 0 Å². The van der Waals surface area contributed by atoms with Gasteiger partial charge in [0.15, 0.2) is 0 Å². The minimum atomic E-state index is -4.44. The molecule has 1 aromatic carbocycles. The van der Waals surface area contributed by atoms with Crippen LogP contribution in [0.3, 0.4) is 0 Å². The molecule has 0 atom stereocenters. The van der Waals surface area contributed by atoms with Gasteiger partial charge in [0.2, 0.25) is 20.7 Å². The second-order valence-corrected chi connectivity index (χ2v) is 7.48. The summed E-state index contributed by atoms with van der Waals surface area (Å²) in [4.78, 5) is 45.6. The number of carboxylic acid groups (broad SMARTS) is 4. The van der Waals surface area contributed by atoms with Crippen molar-refractivity contribution in [2.75, 3.05) is 0 Å². The number of hydrogen-bond acceptors (Lipinski definition) is 6. The minimum absolute atomic E-state index is 0.141. The average molecular weight is 396 g/mol. The summed E-state index contributed by atoms with van der Waals surface area (Å²) in [5.74, 6) is -9.23. The van der Waals surface area contributed by atoms with Crippen molar-refractivity contribution in [2.45, 2.75) is 4.90 Å². The number of allylic oxidation sites excluding steroid dienone is 1. The molecule has 27 heavy (non-hydrogen) atoms. The Morgan fingerprint density at radius 1 is 0.741 bits per heavy atom. The van der Waals surface area contributed by atoms with Crippen LogP contribution in [0.5, 0.6) is 0 Å². The van der Waals surface area contributed by atoms with Gasteiger partial charge in [-0.3, -0.25) is 19.2 Å². The Morgan fingerprint density at radius 2 is 1.19 bits per heavy atom. The fraction of sp³-hybridized carbons (Fsp3) is 0.125. The zero-order valence-corrected chi connectivity index (χ0v) is 14.1. The van der Waals surface area contributed by atoms with E-state index in [4.69, 9.17) is 0 Å². The van der Waals surface area contributed by atoms with Crippen molar-refractivity contribution in [1.82, 2.24) is 0 Å². The van der Waals surface area contributed by atoms with Crippen LogP contribution in [0.25, 0.3) is 0 Å². The molecule has 0 unspecified atom stereocenters. The van der Waals surface area contributed by atoms with E-state index in [0.717, 1.165) is 12.1 Å². The van der Waals surface area contributed by atoms with E-state index in [1.807, 2.05) is 0 Å². The maximum absolute atomic E-state index is 12.7. The van der Waals surface area contributed by atoms with Crippen LogP contribution >= 0.6 is 0 Å². The van der Waals surface area contributed by atoms with Gasteiger partial charge >= 0.3 is 23.9 Å². The molecule has 11 heteroatoms. The first-order valence-corrected chi connectivity index (χ1v) is 8.58. The third kappa shape index (κ3) is 2.59. The van der Waals surface area contributed by atoms with E-state index in [-0.39, 0.29) is 17.0 Å². The molecule has 0 heterocycles. The molecule has 0 saturated carbocycles. The van der Waals surface area contributed by atoms with E-state index in [2.05, 4.69) is 0 Å². The third-order valence-corrected chi connectivity index (χ3v) is 5.96. The topological polar surface area (TPSA) is 183 Å². The fourth-order valence-corrected chi connectivity index (χ4v) is 4.11. The van der Waals surface area contributed by atoms with Gasteiger partial charge in [0.05, 0.1) is 9.80 Å². The molecule has 2 rings (SSSR count). The summed E-state index contributed by atoms with van der Waals surface area (Å²) < 4.78 is 25.3. The highest BCUT2D eigenvalue weighted by molar-refractivity contribution is 7.95. The molecule has 142 valence electrons. The van der Waals surface area contributed by atoms with Crippen molar-refractivity contribution >= 4 is 33.7 Å². The Hall–Kier alpha value is -3.47. The SMILES string of the molecule is O=C(O)C1(C(=O)O)C=CC(S(=O)(=O)c2ccccc2)=CC1(C(=O)O)C(=O)O. The molecule has 0 aliphatic heterocycles. The van der Waals surface area contributed by atoms with Crippen molar-refractivity contribution in [3.05, 3.63) is 53.5 Å². The predicted molar refractivity (Wildman–Crippen MR) is 86.3 cm³/mol. The van der Waals surface area contributed by atoms with Crippen LogP contribution in [0, 0.1) is 10.8 Å². The van der Waals surface area contributed by atoms with E-state index in [0.29, 0.717) is 6.08 Å². The van der Waals surface area contributed by atoms with Gasteiger partial charge in [-0.25, -0.2) is 8.42 Å². The van der Waals surface area contributed by atoms with Gasteiger partial charge in [0.1, 0.15) is 0 Å². The minimum Gasteiger partial charge on any atom is -0.480 e. The zero-order valence-electron chi connectivity index (χ0n) is 13.3. The van der Waals surface area contributed by atoms with E-state index < -0.39 is 49.4 Å². The second kappa shape index (κ2) is 6.36. The summed E-state index contributed by atoms with van der Waals surface area (Å²) in [6, 6.07) is 6.54. The molecule has 0 spiro atoms. The van der Waals surface area contributed by atoms with E-state index in [1.165, 1.54) is 18.2 Å². The lowest BCUT2D eigenvalue weighted by atomic mass is 9.60. The van der Waals surface area contributed by atoms with E-state index in [9.17, 15) is 48.0 Å². The van der Waals surface area contributed by atoms with Crippen LogP contribution < -0.4 is 0 Å². The van der Waals surface area contributed by atoms with Gasteiger partial charge in [-0.1, -0.05) is 24.3 Å². The number of sulfone groups is 1. The molecule has 4 N–H and O–H groups in total. The number of hydrogen-bond donors (Lipinski definition) is 4. The maximum atomic E-state index is 12.7. The molecular formula is C16H12O10S. The summed E-state index contributed by atoms with van der Waals surface area (Å²) in [7, 11) is -4.44. The molecule has 0 aromatic heterocycles. The zero-order chi connectivity index (χ0) is 20.6. The Morgan fingerprint density at radius 3 is 1.59 bits per heavy atom. The van der Waals surface area contributed by atoms with Crippen molar-refractivity contribution in [1.29, 1.82) is 0 Å². The van der Waals surface area contributed by atoms with Gasteiger partial charge in [0.25, 0.3) is 0 Å². The normalized spacial score (nSPS) is 17.6. The van der Waals surface area contributed by atoms with Gasteiger partial charge in [-0.05, 0) is 24.3 Å². The van der Waals surface area contributed by atoms with E-state index >= 15 is 0 Å². The monoisotopic (exact) mass is 396 g/mol. The molecule has 1 aliphatic rings. The molecule has 0 radical (unpaired) electrons. The average Bonchev–Trinajstić information content (AvgIpc) is 2.60. The lowest BCUT2D eigenvalue weighted by Gasteiger charge is -2.37. The van der Waals surface area contributed by atoms with E-state index in [1.54, 1.807) is 0 Å². The van der Waals surface area contributed by atoms with Crippen LogP contribution in [0.1, 0.15) is 0 Å². The molecule has 0 fully saturated rings.